The van der Waals surface area contributed by atoms with Crippen LogP contribution in [0.15, 0.2) is 54.9 Å². The highest BCUT2D eigenvalue weighted by Gasteiger charge is 2.25. The van der Waals surface area contributed by atoms with Gasteiger partial charge < -0.3 is 4.90 Å². The van der Waals surface area contributed by atoms with E-state index in [1.54, 1.807) is 18.3 Å². The number of hydrogen-bond acceptors (Lipinski definition) is 5. The fourth-order valence-electron chi connectivity index (χ4n) is 2.85. The van der Waals surface area contributed by atoms with E-state index in [2.05, 4.69) is 15.3 Å². The van der Waals surface area contributed by atoms with Gasteiger partial charge in [-0.1, -0.05) is 29.5 Å². The molecule has 1 aliphatic rings. The quantitative estimate of drug-likeness (QED) is 0.775. The zero-order chi connectivity index (χ0) is 17.9. The van der Waals surface area contributed by atoms with Gasteiger partial charge in [0.05, 0.1) is 17.8 Å². The first kappa shape index (κ1) is 16.4. The number of benzene rings is 1. The molecule has 1 aliphatic heterocycles. The molecule has 0 bridgehead atoms. The Morgan fingerprint density at radius 2 is 1.88 bits per heavy atom. The number of nitrogens with one attached hydrogen (secondary N) is 1. The number of nitrogens with zero attached hydrogens (tertiary/aromatic N) is 3. The minimum Gasteiger partial charge on any atom is -0.333 e. The average Bonchev–Trinajstić information content (AvgIpc) is 3.10. The number of pyridine rings is 1. The second-order valence-electron chi connectivity index (χ2n) is 5.93. The fourth-order valence-corrected chi connectivity index (χ4v) is 3.87. The Balaban J connectivity index is 1.47. The van der Waals surface area contributed by atoms with Gasteiger partial charge in [0.25, 0.3) is 11.8 Å². The van der Waals surface area contributed by atoms with E-state index in [0.717, 1.165) is 10.6 Å². The summed E-state index contributed by atoms with van der Waals surface area (Å²) in [5, 5.41) is 3.37. The zero-order valence-corrected chi connectivity index (χ0v) is 14.7. The van der Waals surface area contributed by atoms with Gasteiger partial charge in [0.2, 0.25) is 0 Å². The average molecular weight is 364 g/mol. The molecule has 0 atom stereocenters. The molecular formula is C19H16N4O2S. The van der Waals surface area contributed by atoms with E-state index in [-0.39, 0.29) is 11.8 Å². The first-order valence-corrected chi connectivity index (χ1v) is 9.06. The van der Waals surface area contributed by atoms with Crippen molar-refractivity contribution in [1.82, 2.24) is 14.9 Å². The highest BCUT2D eigenvalue weighted by Crippen LogP contribution is 2.29. The van der Waals surface area contributed by atoms with E-state index >= 15 is 0 Å². The van der Waals surface area contributed by atoms with Gasteiger partial charge >= 0.3 is 0 Å². The largest absolute Gasteiger partial charge is 0.333 e. The number of carbonyl (C=O) groups is 2. The molecule has 0 spiro atoms. The lowest BCUT2D eigenvalue weighted by Gasteiger charge is -2.26. The van der Waals surface area contributed by atoms with Gasteiger partial charge in [-0.15, -0.1) is 0 Å². The molecule has 2 aromatic heterocycles. The van der Waals surface area contributed by atoms with E-state index in [1.807, 2.05) is 35.2 Å². The zero-order valence-electron chi connectivity index (χ0n) is 13.9. The maximum absolute atomic E-state index is 12.6. The number of fused-ring (bicyclic) bond motifs is 1. The Morgan fingerprint density at radius 3 is 2.65 bits per heavy atom. The summed E-state index contributed by atoms with van der Waals surface area (Å²) in [5.74, 6) is -0.216. The number of amides is 2. The lowest BCUT2D eigenvalue weighted by atomic mass is 10.1. The summed E-state index contributed by atoms with van der Waals surface area (Å²) < 4.78 is 0. The van der Waals surface area contributed by atoms with Gasteiger partial charge in [-0.25, -0.2) is 4.98 Å². The van der Waals surface area contributed by atoms with Crippen molar-refractivity contribution in [3.63, 3.8) is 0 Å². The van der Waals surface area contributed by atoms with E-state index < -0.39 is 0 Å². The van der Waals surface area contributed by atoms with Crippen LogP contribution in [-0.4, -0.2) is 33.2 Å². The Labute approximate surface area is 154 Å². The molecule has 2 amide bonds. The lowest BCUT2D eigenvalue weighted by Crippen LogP contribution is -2.35. The molecule has 0 saturated heterocycles. The van der Waals surface area contributed by atoms with Crippen LogP contribution >= 0.6 is 11.3 Å². The number of anilines is 1. The van der Waals surface area contributed by atoms with Crippen molar-refractivity contribution in [2.75, 3.05) is 11.9 Å². The van der Waals surface area contributed by atoms with Crippen LogP contribution in [0.3, 0.4) is 0 Å². The smallest absolute Gasteiger partial charge is 0.259 e. The molecule has 3 aromatic rings. The number of carbonyl (C=O) groups excluding carboxylic acids is 2. The van der Waals surface area contributed by atoms with E-state index in [0.29, 0.717) is 35.8 Å². The summed E-state index contributed by atoms with van der Waals surface area (Å²) in [4.78, 5) is 36.1. The van der Waals surface area contributed by atoms with Crippen LogP contribution in [0.2, 0.25) is 0 Å². The second kappa shape index (κ2) is 7.05. The second-order valence-corrected chi connectivity index (χ2v) is 7.01. The minimum atomic E-state index is -0.235. The molecular weight excluding hydrogens is 348 g/mol. The summed E-state index contributed by atoms with van der Waals surface area (Å²) in [6.07, 6.45) is 3.83. The molecule has 0 saturated carbocycles. The van der Waals surface area contributed by atoms with E-state index in [4.69, 9.17) is 0 Å². The molecule has 1 aromatic carbocycles. The maximum atomic E-state index is 12.6. The highest BCUT2D eigenvalue weighted by atomic mass is 32.1. The third kappa shape index (κ3) is 3.34. The van der Waals surface area contributed by atoms with Crippen molar-refractivity contribution >= 4 is 28.3 Å². The van der Waals surface area contributed by atoms with Crippen molar-refractivity contribution in [1.29, 1.82) is 0 Å². The third-order valence-corrected chi connectivity index (χ3v) is 5.18. The number of aromatic nitrogens is 2. The molecule has 3 heterocycles. The van der Waals surface area contributed by atoms with Gasteiger partial charge in [0, 0.05) is 35.8 Å². The van der Waals surface area contributed by atoms with Crippen LogP contribution in [0.1, 0.15) is 31.3 Å². The van der Waals surface area contributed by atoms with Crippen molar-refractivity contribution in [3.8, 4) is 0 Å². The summed E-state index contributed by atoms with van der Waals surface area (Å²) in [6, 6.07) is 12.7. The molecule has 1 N–H and O–H groups in total. The van der Waals surface area contributed by atoms with E-state index in [9.17, 15) is 9.59 Å². The molecule has 0 radical (unpaired) electrons. The standard InChI is InChI=1S/C19H16N4O2S/c24-17(14-7-4-9-20-11-14)22-19-21-15-8-10-23(12-16(15)26-19)18(25)13-5-2-1-3-6-13/h1-7,9,11H,8,10,12H2,(H,21,22,24). The first-order valence-electron chi connectivity index (χ1n) is 8.25. The molecule has 7 heteroatoms. The van der Waals surface area contributed by atoms with Crippen LogP contribution in [-0.2, 0) is 13.0 Å². The SMILES string of the molecule is O=C(Nc1nc2c(s1)CN(C(=O)c1ccccc1)CC2)c1cccnc1. The number of rotatable bonds is 3. The van der Waals surface area contributed by atoms with Gasteiger partial charge in [-0.05, 0) is 24.3 Å². The fraction of sp³-hybridized carbons (Fsp3) is 0.158. The molecule has 26 heavy (non-hydrogen) atoms. The maximum Gasteiger partial charge on any atom is 0.259 e. The molecule has 0 unspecified atom stereocenters. The molecule has 0 aliphatic carbocycles. The predicted octanol–water partition coefficient (Wildman–Crippen LogP) is 2.99. The normalized spacial score (nSPS) is 13.2. The minimum absolute atomic E-state index is 0.0191. The first-order chi connectivity index (χ1) is 12.7. The highest BCUT2D eigenvalue weighted by molar-refractivity contribution is 7.15. The van der Waals surface area contributed by atoms with Crippen LogP contribution < -0.4 is 5.32 Å². The molecule has 4 rings (SSSR count). The van der Waals surface area contributed by atoms with Crippen molar-refractivity contribution < 1.29 is 9.59 Å². The number of hydrogen-bond donors (Lipinski definition) is 1. The van der Waals surface area contributed by atoms with Gasteiger partial charge in [0.15, 0.2) is 5.13 Å². The number of thiazole rings is 1. The van der Waals surface area contributed by atoms with Gasteiger partial charge in [-0.3, -0.25) is 19.9 Å². The van der Waals surface area contributed by atoms with Crippen LogP contribution in [0.4, 0.5) is 5.13 Å². The Kier molecular flexibility index (Phi) is 4.45. The predicted molar refractivity (Wildman–Crippen MR) is 99.2 cm³/mol. The third-order valence-electron chi connectivity index (χ3n) is 4.18. The van der Waals surface area contributed by atoms with Crippen LogP contribution in [0.5, 0.6) is 0 Å². The lowest BCUT2D eigenvalue weighted by molar-refractivity contribution is 0.0736. The Morgan fingerprint density at radius 1 is 1.08 bits per heavy atom. The van der Waals surface area contributed by atoms with Crippen molar-refractivity contribution in [3.05, 3.63) is 76.6 Å². The van der Waals surface area contributed by atoms with E-state index in [1.165, 1.54) is 17.5 Å². The van der Waals surface area contributed by atoms with Crippen LogP contribution in [0, 0.1) is 0 Å². The topological polar surface area (TPSA) is 75.2 Å². The monoisotopic (exact) mass is 364 g/mol. The Bertz CT molecular complexity index is 941. The van der Waals surface area contributed by atoms with Gasteiger partial charge in [-0.2, -0.15) is 0 Å². The molecule has 130 valence electrons. The van der Waals surface area contributed by atoms with Crippen LogP contribution in [0.25, 0.3) is 0 Å². The summed E-state index contributed by atoms with van der Waals surface area (Å²) in [5.41, 5.74) is 2.13. The molecule has 0 fully saturated rings. The van der Waals surface area contributed by atoms with Gasteiger partial charge in [0.1, 0.15) is 0 Å². The van der Waals surface area contributed by atoms with Crippen molar-refractivity contribution in [2.24, 2.45) is 0 Å². The summed E-state index contributed by atoms with van der Waals surface area (Å²) in [6.45, 7) is 1.14. The summed E-state index contributed by atoms with van der Waals surface area (Å²) >= 11 is 1.42. The Hall–Kier alpha value is -3.06. The molecule has 6 nitrogen and oxygen atoms in total. The van der Waals surface area contributed by atoms with Crippen molar-refractivity contribution in [2.45, 2.75) is 13.0 Å². The summed E-state index contributed by atoms with van der Waals surface area (Å²) in [7, 11) is 0.